The quantitative estimate of drug-likeness (QED) is 0.560. The van der Waals surface area contributed by atoms with Crippen LogP contribution in [0.25, 0.3) is 0 Å². The van der Waals surface area contributed by atoms with Crippen LogP contribution in [-0.4, -0.2) is 13.0 Å². The van der Waals surface area contributed by atoms with E-state index < -0.39 is 0 Å². The molecule has 0 saturated carbocycles. The topological polar surface area (TPSA) is 38.3 Å². The first-order valence-corrected chi connectivity index (χ1v) is 9.77. The van der Waals surface area contributed by atoms with Gasteiger partial charge in [-0.2, -0.15) is 0 Å². The van der Waals surface area contributed by atoms with E-state index in [-0.39, 0.29) is 17.2 Å². The Morgan fingerprint density at radius 3 is 2.15 bits per heavy atom. The zero-order valence-corrected chi connectivity index (χ0v) is 16.3. The van der Waals surface area contributed by atoms with E-state index in [1.165, 1.54) is 0 Å². The molecule has 0 aliphatic rings. The van der Waals surface area contributed by atoms with Crippen molar-refractivity contribution in [1.29, 1.82) is 0 Å². The molecular weight excluding hydrogens is 354 g/mol. The lowest BCUT2D eigenvalue weighted by molar-refractivity contribution is -0.121. The second kappa shape index (κ2) is 9.28. The van der Waals surface area contributed by atoms with E-state index in [9.17, 15) is 4.79 Å². The molecule has 0 radical (unpaired) electrons. The van der Waals surface area contributed by atoms with Gasteiger partial charge in [-0.25, -0.2) is 0 Å². The molecule has 0 saturated heterocycles. The van der Waals surface area contributed by atoms with Crippen molar-refractivity contribution in [2.24, 2.45) is 0 Å². The van der Waals surface area contributed by atoms with E-state index in [4.69, 9.17) is 4.74 Å². The van der Waals surface area contributed by atoms with Crippen LogP contribution in [0.15, 0.2) is 89.8 Å². The van der Waals surface area contributed by atoms with Crippen LogP contribution in [0.5, 0.6) is 5.75 Å². The summed E-state index contributed by atoms with van der Waals surface area (Å²) in [6, 6.07) is 27.5. The van der Waals surface area contributed by atoms with E-state index >= 15 is 0 Å². The molecule has 3 aromatic rings. The number of thioether (sulfide) groups is 1. The molecule has 4 heteroatoms. The Hall–Kier alpha value is -2.72. The van der Waals surface area contributed by atoms with Gasteiger partial charge in [0, 0.05) is 10.5 Å². The van der Waals surface area contributed by atoms with Gasteiger partial charge in [0.2, 0.25) is 5.91 Å². The molecule has 0 aliphatic carbocycles. The molecule has 3 rings (SSSR count). The maximum atomic E-state index is 13.2. The third-order valence-corrected chi connectivity index (χ3v) is 5.57. The summed E-state index contributed by atoms with van der Waals surface area (Å²) in [4.78, 5) is 14.2. The van der Waals surface area contributed by atoms with Crippen LogP contribution < -0.4 is 10.1 Å². The minimum atomic E-state index is -0.328. The fourth-order valence-electron chi connectivity index (χ4n) is 2.93. The Morgan fingerprint density at radius 1 is 0.889 bits per heavy atom. The molecule has 1 N–H and O–H groups in total. The third kappa shape index (κ3) is 4.92. The lowest BCUT2D eigenvalue weighted by Crippen LogP contribution is -2.30. The average molecular weight is 378 g/mol. The summed E-state index contributed by atoms with van der Waals surface area (Å²) in [5.41, 5.74) is 1.95. The van der Waals surface area contributed by atoms with E-state index in [2.05, 4.69) is 5.32 Å². The Labute approximate surface area is 164 Å². The van der Waals surface area contributed by atoms with Crippen LogP contribution >= 0.6 is 11.8 Å². The van der Waals surface area contributed by atoms with Crippen molar-refractivity contribution >= 4 is 17.7 Å². The lowest BCUT2D eigenvalue weighted by atomic mass is 10.1. The normalized spacial score (nSPS) is 12.8. The predicted octanol–water partition coefficient (Wildman–Crippen LogP) is 5.41. The Bertz CT molecular complexity index is 868. The zero-order chi connectivity index (χ0) is 19.1. The number of benzene rings is 3. The first kappa shape index (κ1) is 19.1. The van der Waals surface area contributed by atoms with Gasteiger partial charge in [0.15, 0.2) is 0 Å². The van der Waals surface area contributed by atoms with Crippen molar-refractivity contribution < 1.29 is 9.53 Å². The van der Waals surface area contributed by atoms with Gasteiger partial charge >= 0.3 is 0 Å². The summed E-state index contributed by atoms with van der Waals surface area (Å²) in [7, 11) is 1.64. The Kier molecular flexibility index (Phi) is 6.55. The molecule has 0 bridgehead atoms. The van der Waals surface area contributed by atoms with E-state index in [1.54, 1.807) is 18.9 Å². The van der Waals surface area contributed by atoms with Crippen molar-refractivity contribution in [3.8, 4) is 5.75 Å². The van der Waals surface area contributed by atoms with Crippen LogP contribution in [0, 0.1) is 0 Å². The monoisotopic (exact) mass is 377 g/mol. The predicted molar refractivity (Wildman–Crippen MR) is 111 cm³/mol. The second-order valence-electron chi connectivity index (χ2n) is 6.19. The number of carbonyl (C=O) groups is 1. The number of rotatable bonds is 7. The highest BCUT2D eigenvalue weighted by Crippen LogP contribution is 2.36. The number of carbonyl (C=O) groups excluding carboxylic acids is 1. The van der Waals surface area contributed by atoms with Gasteiger partial charge in [-0.1, -0.05) is 66.7 Å². The van der Waals surface area contributed by atoms with Gasteiger partial charge in [-0.3, -0.25) is 4.79 Å². The Morgan fingerprint density at radius 2 is 1.48 bits per heavy atom. The minimum Gasteiger partial charge on any atom is -0.496 e. The maximum absolute atomic E-state index is 13.2. The molecule has 0 aliphatic heterocycles. The van der Waals surface area contributed by atoms with Crippen LogP contribution in [0.1, 0.15) is 29.3 Å². The van der Waals surface area contributed by atoms with E-state index in [0.29, 0.717) is 0 Å². The number of hydrogen-bond donors (Lipinski definition) is 1. The van der Waals surface area contributed by atoms with Crippen molar-refractivity contribution in [2.75, 3.05) is 7.11 Å². The standard InChI is InChI=1S/C23H23NO2S/c1-17(20-15-9-10-16-21(20)26-2)24-23(25)22(18-11-5-3-6-12-18)27-19-13-7-4-8-14-19/h3-17,22H,1-2H3,(H,24,25). The fraction of sp³-hybridized carbons (Fsp3) is 0.174. The average Bonchev–Trinajstić information content (AvgIpc) is 2.73. The molecule has 3 nitrogen and oxygen atoms in total. The van der Waals surface area contributed by atoms with Crippen molar-refractivity contribution in [3.05, 3.63) is 96.1 Å². The SMILES string of the molecule is COc1ccccc1C(C)NC(=O)C(Sc1ccccc1)c1ccccc1. The molecule has 2 atom stereocenters. The van der Waals surface area contributed by atoms with Crippen LogP contribution in [0.3, 0.4) is 0 Å². The summed E-state index contributed by atoms with van der Waals surface area (Å²) >= 11 is 1.55. The molecule has 27 heavy (non-hydrogen) atoms. The molecular formula is C23H23NO2S. The number of methoxy groups -OCH3 is 1. The molecule has 0 spiro atoms. The molecule has 1 amide bonds. The van der Waals surface area contributed by atoms with Crippen molar-refractivity contribution in [3.63, 3.8) is 0 Å². The van der Waals surface area contributed by atoms with Gasteiger partial charge in [-0.15, -0.1) is 11.8 Å². The number of nitrogens with one attached hydrogen (secondary N) is 1. The first-order valence-electron chi connectivity index (χ1n) is 8.89. The fourth-order valence-corrected chi connectivity index (χ4v) is 3.98. The minimum absolute atomic E-state index is 0.0199. The van der Waals surface area contributed by atoms with Gasteiger partial charge in [0.25, 0.3) is 0 Å². The molecule has 0 fully saturated rings. The van der Waals surface area contributed by atoms with Crippen LogP contribution in [0.4, 0.5) is 0 Å². The molecule has 138 valence electrons. The summed E-state index contributed by atoms with van der Waals surface area (Å²) in [5.74, 6) is 0.755. The second-order valence-corrected chi connectivity index (χ2v) is 7.37. The first-order chi connectivity index (χ1) is 13.2. The number of amides is 1. The van der Waals surface area contributed by atoms with E-state index in [0.717, 1.165) is 21.8 Å². The van der Waals surface area contributed by atoms with Gasteiger partial charge in [0.05, 0.1) is 13.2 Å². The van der Waals surface area contributed by atoms with Gasteiger partial charge in [0.1, 0.15) is 11.0 Å². The maximum Gasteiger partial charge on any atom is 0.238 e. The van der Waals surface area contributed by atoms with Crippen molar-refractivity contribution in [2.45, 2.75) is 23.1 Å². The highest BCUT2D eigenvalue weighted by Gasteiger charge is 2.24. The third-order valence-electron chi connectivity index (χ3n) is 4.30. The number of hydrogen-bond acceptors (Lipinski definition) is 3. The van der Waals surface area contributed by atoms with Crippen LogP contribution in [-0.2, 0) is 4.79 Å². The number of ether oxygens (including phenoxy) is 1. The van der Waals surface area contributed by atoms with E-state index in [1.807, 2.05) is 91.9 Å². The lowest BCUT2D eigenvalue weighted by Gasteiger charge is -2.22. The van der Waals surface area contributed by atoms with Gasteiger partial charge in [-0.05, 0) is 30.7 Å². The van der Waals surface area contributed by atoms with Crippen LogP contribution in [0.2, 0.25) is 0 Å². The highest BCUT2D eigenvalue weighted by atomic mass is 32.2. The summed E-state index contributed by atoms with van der Waals surface area (Å²) in [5, 5.41) is 2.82. The summed E-state index contributed by atoms with van der Waals surface area (Å²) in [6.07, 6.45) is 0. The number of para-hydroxylation sites is 1. The Balaban J connectivity index is 1.82. The molecule has 0 heterocycles. The molecule has 3 aromatic carbocycles. The van der Waals surface area contributed by atoms with Gasteiger partial charge < -0.3 is 10.1 Å². The summed E-state index contributed by atoms with van der Waals surface area (Å²) < 4.78 is 5.43. The highest BCUT2D eigenvalue weighted by molar-refractivity contribution is 8.00. The molecule has 0 aromatic heterocycles. The largest absolute Gasteiger partial charge is 0.496 e. The summed E-state index contributed by atoms with van der Waals surface area (Å²) in [6.45, 7) is 1.98. The smallest absolute Gasteiger partial charge is 0.238 e. The molecule has 2 unspecified atom stereocenters. The zero-order valence-electron chi connectivity index (χ0n) is 15.5. The van der Waals surface area contributed by atoms with Crippen molar-refractivity contribution in [1.82, 2.24) is 5.32 Å².